The molecule has 0 saturated carbocycles. The quantitative estimate of drug-likeness (QED) is 0.864. The summed E-state index contributed by atoms with van der Waals surface area (Å²) in [5, 5.41) is 8.62. The van der Waals surface area contributed by atoms with Crippen LogP contribution in [0.3, 0.4) is 0 Å². The molecule has 0 saturated heterocycles. The molecule has 0 amide bonds. The molecule has 1 aromatic rings. The van der Waals surface area contributed by atoms with Gasteiger partial charge in [0.1, 0.15) is 4.66 Å². The highest BCUT2D eigenvalue weighted by atomic mass is 79.9. The first kappa shape index (κ1) is 13.2. The maximum atomic E-state index is 11.3. The highest BCUT2D eigenvalue weighted by Crippen LogP contribution is 2.14. The lowest BCUT2D eigenvalue weighted by molar-refractivity contribution is 0.572. The summed E-state index contributed by atoms with van der Waals surface area (Å²) in [6.07, 6.45) is 0. The molecule has 0 spiro atoms. The van der Waals surface area contributed by atoms with Gasteiger partial charge in [0.2, 0.25) is 10.0 Å². The van der Waals surface area contributed by atoms with E-state index in [-0.39, 0.29) is 10.7 Å². The maximum absolute atomic E-state index is 11.3. The highest BCUT2D eigenvalue weighted by Gasteiger charge is 2.13. The summed E-state index contributed by atoms with van der Waals surface area (Å²) in [5.41, 5.74) is 1.38. The molecule has 1 atom stereocenters. The van der Waals surface area contributed by atoms with Gasteiger partial charge in [-0.05, 0) is 24.6 Å². The van der Waals surface area contributed by atoms with Crippen LogP contribution in [0.15, 0.2) is 24.3 Å². The second-order valence-corrected chi connectivity index (χ2v) is 6.35. The fourth-order valence-electron chi connectivity index (χ4n) is 1.22. The number of hydrogen-bond acceptors (Lipinski definition) is 3. The zero-order valence-corrected chi connectivity index (χ0v) is 11.0. The van der Waals surface area contributed by atoms with Gasteiger partial charge < -0.3 is 0 Å². The van der Waals surface area contributed by atoms with Crippen LogP contribution >= 0.6 is 15.9 Å². The first-order valence-electron chi connectivity index (χ1n) is 4.54. The van der Waals surface area contributed by atoms with Gasteiger partial charge in [0.25, 0.3) is 0 Å². The van der Waals surface area contributed by atoms with E-state index in [1.165, 1.54) is 0 Å². The third-order valence-electron chi connectivity index (χ3n) is 2.04. The zero-order valence-electron chi connectivity index (χ0n) is 8.64. The van der Waals surface area contributed by atoms with Crippen LogP contribution in [0.4, 0.5) is 0 Å². The lowest BCUT2D eigenvalue weighted by atomic mass is 10.1. The summed E-state index contributed by atoms with van der Waals surface area (Å²) in [6, 6.07) is 8.49. The lowest BCUT2D eigenvalue weighted by Crippen LogP contribution is -2.27. The molecule has 0 heterocycles. The lowest BCUT2D eigenvalue weighted by Gasteiger charge is -2.13. The topological polar surface area (TPSA) is 70.0 Å². The molecule has 0 radical (unpaired) electrons. The number of nitrogens with one attached hydrogen (secondary N) is 1. The maximum Gasteiger partial charge on any atom is 0.222 e. The number of nitriles is 1. The van der Waals surface area contributed by atoms with Crippen LogP contribution in [0.25, 0.3) is 0 Å². The second kappa shape index (κ2) is 5.43. The Morgan fingerprint density at radius 1 is 1.44 bits per heavy atom. The summed E-state index contributed by atoms with van der Waals surface area (Å²) in [7, 11) is -3.28. The predicted molar refractivity (Wildman–Crippen MR) is 65.4 cm³/mol. The zero-order chi connectivity index (χ0) is 12.2. The van der Waals surface area contributed by atoms with Crippen molar-refractivity contribution in [2.45, 2.75) is 13.0 Å². The molecule has 0 aliphatic carbocycles. The van der Waals surface area contributed by atoms with E-state index in [4.69, 9.17) is 5.26 Å². The van der Waals surface area contributed by atoms with Gasteiger partial charge in [-0.1, -0.05) is 28.1 Å². The van der Waals surface area contributed by atoms with E-state index < -0.39 is 10.0 Å². The molecule has 0 bridgehead atoms. The van der Waals surface area contributed by atoms with Crippen LogP contribution in [0, 0.1) is 11.3 Å². The molecular formula is C10H11BrN2O2S. The Hall–Kier alpha value is -0.900. The smallest absolute Gasteiger partial charge is 0.212 e. The summed E-state index contributed by atoms with van der Waals surface area (Å²) in [4.78, 5) is 0. The summed E-state index contributed by atoms with van der Waals surface area (Å²) < 4.78 is 25.0. The third kappa shape index (κ3) is 3.59. The molecule has 16 heavy (non-hydrogen) atoms. The average Bonchev–Trinajstić information content (AvgIpc) is 2.28. The highest BCUT2D eigenvalue weighted by molar-refractivity contribution is 9.10. The fraction of sp³-hybridized carbons (Fsp3) is 0.300. The Kier molecular flexibility index (Phi) is 4.47. The Morgan fingerprint density at radius 2 is 2.00 bits per heavy atom. The third-order valence-corrected chi connectivity index (χ3v) is 4.85. The van der Waals surface area contributed by atoms with E-state index in [1.54, 1.807) is 31.2 Å². The monoisotopic (exact) mass is 302 g/mol. The Balaban J connectivity index is 2.82. The predicted octanol–water partition coefficient (Wildman–Crippen LogP) is 1.89. The van der Waals surface area contributed by atoms with E-state index in [1.807, 2.05) is 6.07 Å². The normalized spacial score (nSPS) is 13.1. The van der Waals surface area contributed by atoms with E-state index in [0.717, 1.165) is 5.56 Å². The van der Waals surface area contributed by atoms with Crippen molar-refractivity contribution in [2.75, 3.05) is 4.66 Å². The summed E-state index contributed by atoms with van der Waals surface area (Å²) >= 11 is 2.90. The van der Waals surface area contributed by atoms with Crippen molar-refractivity contribution < 1.29 is 8.42 Å². The number of halogens is 1. The summed E-state index contributed by atoms with van der Waals surface area (Å²) in [5.74, 6) is 0. The molecule has 0 aromatic heterocycles. The first-order valence-corrected chi connectivity index (χ1v) is 7.32. The van der Waals surface area contributed by atoms with Gasteiger partial charge in [-0.15, -0.1) is 0 Å². The largest absolute Gasteiger partial charge is 0.222 e. The van der Waals surface area contributed by atoms with Gasteiger partial charge >= 0.3 is 0 Å². The van der Waals surface area contributed by atoms with Crippen LogP contribution in [0.5, 0.6) is 0 Å². The Labute approximate surface area is 103 Å². The number of alkyl halides is 1. The van der Waals surface area contributed by atoms with Crippen molar-refractivity contribution in [3.05, 3.63) is 35.4 Å². The van der Waals surface area contributed by atoms with Crippen LogP contribution in [-0.4, -0.2) is 13.1 Å². The molecule has 1 unspecified atom stereocenters. The molecule has 0 aliphatic rings. The number of sulfonamides is 1. The van der Waals surface area contributed by atoms with Gasteiger partial charge in [0.05, 0.1) is 11.6 Å². The Bertz CT molecular complexity index is 491. The number of benzene rings is 1. The van der Waals surface area contributed by atoms with Gasteiger partial charge in [0, 0.05) is 6.04 Å². The van der Waals surface area contributed by atoms with Gasteiger partial charge in [-0.2, -0.15) is 5.26 Å². The van der Waals surface area contributed by atoms with Crippen molar-refractivity contribution in [3.8, 4) is 6.07 Å². The first-order chi connectivity index (χ1) is 7.48. The van der Waals surface area contributed by atoms with E-state index in [0.29, 0.717) is 5.56 Å². The SMILES string of the molecule is CC(NS(=O)(=O)CBr)c1ccc(C#N)cc1. The minimum atomic E-state index is -3.28. The summed E-state index contributed by atoms with van der Waals surface area (Å²) in [6.45, 7) is 1.75. The van der Waals surface area contributed by atoms with E-state index in [2.05, 4.69) is 20.7 Å². The molecule has 1 N–H and O–H groups in total. The van der Waals surface area contributed by atoms with Crippen molar-refractivity contribution in [1.29, 1.82) is 5.26 Å². The van der Waals surface area contributed by atoms with Crippen molar-refractivity contribution >= 4 is 26.0 Å². The fourth-order valence-corrected chi connectivity index (χ4v) is 2.35. The van der Waals surface area contributed by atoms with Crippen molar-refractivity contribution in [2.24, 2.45) is 0 Å². The molecule has 6 heteroatoms. The molecule has 1 rings (SSSR count). The molecule has 0 fully saturated rings. The van der Waals surface area contributed by atoms with Crippen molar-refractivity contribution in [1.82, 2.24) is 4.72 Å². The van der Waals surface area contributed by atoms with E-state index >= 15 is 0 Å². The van der Waals surface area contributed by atoms with Crippen LogP contribution < -0.4 is 4.72 Å². The molecule has 0 aliphatic heterocycles. The van der Waals surface area contributed by atoms with Crippen molar-refractivity contribution in [3.63, 3.8) is 0 Å². The van der Waals surface area contributed by atoms with E-state index in [9.17, 15) is 8.42 Å². The molecule has 1 aromatic carbocycles. The van der Waals surface area contributed by atoms with Gasteiger partial charge in [-0.25, -0.2) is 13.1 Å². The minimum Gasteiger partial charge on any atom is -0.212 e. The van der Waals surface area contributed by atoms with Crippen LogP contribution in [0.1, 0.15) is 24.1 Å². The molecule has 86 valence electrons. The number of hydrogen-bond donors (Lipinski definition) is 1. The second-order valence-electron chi connectivity index (χ2n) is 3.30. The molecule has 4 nitrogen and oxygen atoms in total. The van der Waals surface area contributed by atoms with Gasteiger partial charge in [0.15, 0.2) is 0 Å². The minimum absolute atomic E-state index is 0.124. The average molecular weight is 303 g/mol. The standard InChI is InChI=1S/C10H11BrN2O2S/c1-8(13-16(14,15)7-11)10-4-2-9(6-12)3-5-10/h2-5,8,13H,7H2,1H3. The van der Waals surface area contributed by atoms with Crippen LogP contribution in [0.2, 0.25) is 0 Å². The Morgan fingerprint density at radius 3 is 2.44 bits per heavy atom. The number of nitrogens with zero attached hydrogens (tertiary/aromatic N) is 1. The van der Waals surface area contributed by atoms with Crippen LogP contribution in [-0.2, 0) is 10.0 Å². The molecular weight excluding hydrogens is 292 g/mol. The number of rotatable bonds is 4. The van der Waals surface area contributed by atoms with Gasteiger partial charge in [-0.3, -0.25) is 0 Å².